The first-order valence-electron chi connectivity index (χ1n) is 8.80. The van der Waals surface area contributed by atoms with E-state index in [9.17, 15) is 4.79 Å². The van der Waals surface area contributed by atoms with Crippen molar-refractivity contribution < 1.29 is 30.6 Å². The molecule has 5 nitrogen and oxygen atoms in total. The summed E-state index contributed by atoms with van der Waals surface area (Å²) in [7, 11) is 1.37. The second kappa shape index (κ2) is 9.44. The maximum absolute atomic E-state index is 12.6. The third kappa shape index (κ3) is 4.52. The molecule has 1 unspecified atom stereocenters. The maximum atomic E-state index is 12.6. The number of benzene rings is 1. The fourth-order valence-corrected chi connectivity index (χ4v) is 3.00. The van der Waals surface area contributed by atoms with E-state index in [0.717, 1.165) is 17.1 Å². The summed E-state index contributed by atoms with van der Waals surface area (Å²) in [5.74, 6) is -0.353. The Morgan fingerprint density at radius 2 is 1.93 bits per heavy atom. The number of hydrogen-bond donors (Lipinski definition) is 0. The number of methoxy groups -OCH3 is 1. The predicted octanol–water partition coefficient (Wildman–Crippen LogP) is 3.84. The van der Waals surface area contributed by atoms with E-state index in [1.165, 1.54) is 7.11 Å². The van der Waals surface area contributed by atoms with Gasteiger partial charge in [0, 0.05) is 11.9 Å². The molecule has 146 valence electrons. The van der Waals surface area contributed by atoms with Crippen LogP contribution in [-0.4, -0.2) is 27.6 Å². The Labute approximate surface area is 183 Å². The summed E-state index contributed by atoms with van der Waals surface area (Å²) >= 11 is 0. The molecule has 0 amide bonds. The number of rotatable bonds is 5. The van der Waals surface area contributed by atoms with E-state index < -0.39 is 11.9 Å². The number of esters is 1. The van der Waals surface area contributed by atoms with Crippen molar-refractivity contribution in [2.24, 2.45) is 0 Å². The van der Waals surface area contributed by atoms with Crippen LogP contribution < -0.4 is 0 Å². The number of carbonyl (C=O) groups is 1. The standard InChI is InChI=1S/C23H17N3O2.Pt/c1-28-23(27)22(18-13-15-26(16-18)21-12-5-6-14-24-21)20-11-7-10-19(25-20)17-8-3-2-4-9-17;/h2-8,10-15,22H,1H3;/q-2;+2. The Kier molecular flexibility index (Phi) is 6.73. The van der Waals surface area contributed by atoms with E-state index in [0.29, 0.717) is 11.3 Å². The third-order valence-electron chi connectivity index (χ3n) is 4.35. The van der Waals surface area contributed by atoms with Crippen molar-refractivity contribution in [1.29, 1.82) is 0 Å². The van der Waals surface area contributed by atoms with Crippen molar-refractivity contribution in [3.63, 3.8) is 0 Å². The van der Waals surface area contributed by atoms with Crippen molar-refractivity contribution in [3.05, 3.63) is 103 Å². The van der Waals surface area contributed by atoms with Gasteiger partial charge in [-0.2, -0.15) is 6.07 Å². The SMILES string of the molecule is COC(=O)C(c1[c-]n(-c2ccccn2)cc1)c1cccc(-c2[c-]cccc2)n1.[Pt+2]. The van der Waals surface area contributed by atoms with Crippen molar-refractivity contribution in [1.82, 2.24) is 14.5 Å². The van der Waals surface area contributed by atoms with Crippen molar-refractivity contribution >= 4 is 5.97 Å². The van der Waals surface area contributed by atoms with Gasteiger partial charge in [-0.15, -0.1) is 47.7 Å². The zero-order valence-electron chi connectivity index (χ0n) is 15.6. The second-order valence-corrected chi connectivity index (χ2v) is 6.12. The number of pyridine rings is 2. The van der Waals surface area contributed by atoms with Gasteiger partial charge in [0.1, 0.15) is 5.92 Å². The summed E-state index contributed by atoms with van der Waals surface area (Å²) in [6, 6.07) is 23.8. The summed E-state index contributed by atoms with van der Waals surface area (Å²) in [5, 5.41) is 0. The van der Waals surface area contributed by atoms with E-state index in [2.05, 4.69) is 17.2 Å². The first-order valence-corrected chi connectivity index (χ1v) is 8.80. The summed E-state index contributed by atoms with van der Waals surface area (Å²) in [6.45, 7) is 0. The summed E-state index contributed by atoms with van der Waals surface area (Å²) in [6.07, 6.45) is 6.74. The topological polar surface area (TPSA) is 57.0 Å². The normalized spacial score (nSPS) is 11.3. The zero-order chi connectivity index (χ0) is 19.3. The number of hydrogen-bond acceptors (Lipinski definition) is 4. The van der Waals surface area contributed by atoms with Crippen LogP contribution in [0.4, 0.5) is 0 Å². The largest absolute Gasteiger partial charge is 2.00 e. The van der Waals surface area contributed by atoms with Gasteiger partial charge in [0.15, 0.2) is 0 Å². The van der Waals surface area contributed by atoms with Crippen molar-refractivity contribution in [2.45, 2.75) is 5.92 Å². The van der Waals surface area contributed by atoms with E-state index >= 15 is 0 Å². The molecule has 3 aromatic heterocycles. The molecule has 4 rings (SSSR count). The average Bonchev–Trinajstić information content (AvgIpc) is 3.25. The molecule has 0 spiro atoms. The van der Waals surface area contributed by atoms with Crippen molar-refractivity contribution in [2.75, 3.05) is 7.11 Å². The summed E-state index contributed by atoms with van der Waals surface area (Å²) in [4.78, 5) is 21.6. The molecule has 4 aromatic rings. The number of aromatic nitrogens is 3. The van der Waals surface area contributed by atoms with E-state index in [4.69, 9.17) is 9.72 Å². The van der Waals surface area contributed by atoms with Crippen LogP contribution in [0.2, 0.25) is 0 Å². The minimum absolute atomic E-state index is 0. The van der Waals surface area contributed by atoms with Gasteiger partial charge in [-0.3, -0.25) is 9.78 Å². The van der Waals surface area contributed by atoms with Gasteiger partial charge in [-0.1, -0.05) is 30.5 Å². The van der Waals surface area contributed by atoms with Gasteiger partial charge in [0.2, 0.25) is 0 Å². The number of nitrogens with zero attached hydrogens (tertiary/aromatic N) is 3. The Balaban J connectivity index is 0.00000240. The van der Waals surface area contributed by atoms with E-state index in [-0.39, 0.29) is 21.1 Å². The van der Waals surface area contributed by atoms with Crippen LogP contribution in [-0.2, 0) is 30.6 Å². The van der Waals surface area contributed by atoms with Crippen molar-refractivity contribution in [3.8, 4) is 17.1 Å². The van der Waals surface area contributed by atoms with Crippen LogP contribution in [0.1, 0.15) is 17.2 Å². The molecule has 1 aromatic carbocycles. The molecule has 0 bridgehead atoms. The molecule has 0 aliphatic heterocycles. The average molecular weight is 562 g/mol. The monoisotopic (exact) mass is 562 g/mol. The van der Waals surface area contributed by atoms with Gasteiger partial charge in [0.05, 0.1) is 12.9 Å². The molecule has 29 heavy (non-hydrogen) atoms. The van der Waals surface area contributed by atoms with Crippen LogP contribution in [0.25, 0.3) is 17.1 Å². The smallest absolute Gasteiger partial charge is 0.468 e. The molecule has 0 saturated heterocycles. The number of carbonyl (C=O) groups excluding carboxylic acids is 1. The van der Waals surface area contributed by atoms with Crippen LogP contribution in [0.5, 0.6) is 0 Å². The van der Waals surface area contributed by atoms with Crippen LogP contribution in [0.3, 0.4) is 0 Å². The Hall–Kier alpha value is -3.04. The molecule has 0 aliphatic rings. The fourth-order valence-electron chi connectivity index (χ4n) is 3.00. The Morgan fingerprint density at radius 1 is 1.07 bits per heavy atom. The molecule has 6 heteroatoms. The summed E-state index contributed by atoms with van der Waals surface area (Å²) < 4.78 is 6.80. The van der Waals surface area contributed by atoms with Gasteiger partial charge in [0.25, 0.3) is 0 Å². The number of ether oxygens (including phenoxy) is 1. The molecule has 0 saturated carbocycles. The minimum atomic E-state index is -0.682. The van der Waals surface area contributed by atoms with Crippen LogP contribution in [0, 0.1) is 12.3 Å². The molecule has 0 fully saturated rings. The first-order chi connectivity index (χ1) is 13.8. The van der Waals surface area contributed by atoms with Gasteiger partial charge in [-0.25, -0.2) is 0 Å². The molecule has 0 radical (unpaired) electrons. The Morgan fingerprint density at radius 3 is 2.66 bits per heavy atom. The fraction of sp³-hybridized carbons (Fsp3) is 0.0870. The molecule has 1 atom stereocenters. The van der Waals surface area contributed by atoms with Gasteiger partial charge >= 0.3 is 27.0 Å². The second-order valence-electron chi connectivity index (χ2n) is 6.12. The van der Waals surface area contributed by atoms with Crippen LogP contribution >= 0.6 is 0 Å². The quantitative estimate of drug-likeness (QED) is 0.274. The van der Waals surface area contributed by atoms with E-state index in [1.807, 2.05) is 72.9 Å². The summed E-state index contributed by atoms with van der Waals surface area (Å²) in [5.41, 5.74) is 2.87. The third-order valence-corrected chi connectivity index (χ3v) is 4.35. The van der Waals surface area contributed by atoms with Gasteiger partial charge < -0.3 is 14.3 Å². The molecular weight excluding hydrogens is 545 g/mol. The van der Waals surface area contributed by atoms with E-state index in [1.54, 1.807) is 10.8 Å². The minimum Gasteiger partial charge on any atom is -0.468 e. The molecule has 0 aliphatic carbocycles. The van der Waals surface area contributed by atoms with Crippen LogP contribution in [0.15, 0.2) is 79.1 Å². The first kappa shape index (κ1) is 20.7. The molecular formula is C23H17N3O2Pt. The maximum Gasteiger partial charge on any atom is 2.00 e. The predicted molar refractivity (Wildman–Crippen MR) is 105 cm³/mol. The molecule has 0 N–H and O–H groups in total. The zero-order valence-corrected chi connectivity index (χ0v) is 17.8. The Bertz CT molecular complexity index is 1080. The molecule has 3 heterocycles. The van der Waals surface area contributed by atoms with Gasteiger partial charge in [-0.05, 0) is 17.8 Å².